The smallest absolute Gasteiger partial charge is 0.407 e. The van der Waals surface area contributed by atoms with Crippen LogP contribution in [0.15, 0.2) is 199 Å². The normalized spacial score (nSPS) is 20.1. The first-order valence-corrected chi connectivity index (χ1v) is 44.6. The second-order valence-corrected chi connectivity index (χ2v) is 34.7. The number of allylic oxidation sites excluding steroid dienone is 3. The van der Waals surface area contributed by atoms with Crippen LogP contribution >= 0.6 is 0 Å². The van der Waals surface area contributed by atoms with Gasteiger partial charge < -0.3 is 94.3 Å². The number of carboxylic acid groups (broad SMARTS) is 1. The number of carbonyl (C=O) groups excluding carboxylic acids is 7. The molecule has 18 rings (SSSR count). The molecule has 10 heterocycles. The number of alkyl carbamates (subject to hydrolysis) is 4. The number of nitrogens with zero attached hydrogens (tertiary/aromatic N) is 7. The Labute approximate surface area is 759 Å². The third-order valence-corrected chi connectivity index (χ3v) is 25.7. The van der Waals surface area contributed by atoms with Gasteiger partial charge in [-0.05, 0) is 158 Å². The van der Waals surface area contributed by atoms with Crippen molar-refractivity contribution in [2.75, 3.05) is 81.0 Å². The summed E-state index contributed by atoms with van der Waals surface area (Å²) in [5.74, 6) is -2.70. The Bertz CT molecular complexity index is 5870. The van der Waals surface area contributed by atoms with Crippen LogP contribution < -0.4 is 26.6 Å². The third-order valence-electron chi connectivity index (χ3n) is 25.7. The molecule has 2 aromatic heterocycles. The van der Waals surface area contributed by atoms with Crippen molar-refractivity contribution in [1.29, 1.82) is 0 Å². The Morgan fingerprint density at radius 2 is 0.916 bits per heavy atom. The first-order chi connectivity index (χ1) is 63.5. The molecule has 0 radical (unpaired) electrons. The number of rotatable bonds is 22. The molecule has 6 fully saturated rings. The van der Waals surface area contributed by atoms with E-state index in [1.165, 1.54) is 86.0 Å². The highest BCUT2D eigenvalue weighted by atomic mass is 16.7. The van der Waals surface area contributed by atoms with Crippen LogP contribution in [-0.4, -0.2) is 216 Å². The van der Waals surface area contributed by atoms with Gasteiger partial charge in [-0.2, -0.15) is 0 Å². The van der Waals surface area contributed by atoms with E-state index >= 15 is 0 Å². The minimum absolute atomic E-state index is 0.145. The second kappa shape index (κ2) is 40.3. The van der Waals surface area contributed by atoms with Crippen LogP contribution in [0.1, 0.15) is 160 Å². The van der Waals surface area contributed by atoms with Crippen LogP contribution in [0.5, 0.6) is 0 Å². The third kappa shape index (κ3) is 20.4. The fourth-order valence-electron chi connectivity index (χ4n) is 18.8. The van der Waals surface area contributed by atoms with Gasteiger partial charge in [-0.15, -0.1) is 0 Å². The zero-order chi connectivity index (χ0) is 91.6. The molecule has 0 bridgehead atoms. The van der Waals surface area contributed by atoms with E-state index in [0.29, 0.717) is 81.1 Å². The molecule has 7 amide bonds. The molecule has 0 saturated carbocycles. The van der Waals surface area contributed by atoms with Crippen molar-refractivity contribution >= 4 is 93.1 Å². The van der Waals surface area contributed by atoms with E-state index in [1.54, 1.807) is 46.3 Å². The molecule has 7 aromatic carbocycles. The van der Waals surface area contributed by atoms with Crippen LogP contribution in [0.4, 0.5) is 19.2 Å². The minimum atomic E-state index is -1.13. The van der Waals surface area contributed by atoms with E-state index in [0.717, 1.165) is 94.3 Å². The molecule has 31 heteroatoms. The first-order valence-electron chi connectivity index (χ1n) is 44.6. The number of carbonyl (C=O) groups is 8. The van der Waals surface area contributed by atoms with Crippen molar-refractivity contribution < 1.29 is 81.4 Å². The number of methoxy groups -OCH3 is 4. The van der Waals surface area contributed by atoms with Gasteiger partial charge in [-0.25, -0.2) is 33.9 Å². The number of aromatic nitrogens is 4. The van der Waals surface area contributed by atoms with E-state index in [9.17, 15) is 38.4 Å². The fraction of sp³-hybridized carbons (Fsp3) is 0.380. The summed E-state index contributed by atoms with van der Waals surface area (Å²) in [4.78, 5) is 132. The number of benzene rings is 7. The SMILES string of the molecule is COC(=O)N[C@@H](C(=O)O)c1ccccc1.COC(=O)N[C@H](C(=O)N1CC2(C[C@H]1c1ncc(-c3ccc4c(c3)CCC(c3ccc(C5=CN=C(C6CCCN6C(=O)[C@H](NC(=O)OC)c6ccccc6)C5)cc3)=C4)[nH]1)OCCO2)C(C)C.COC(=O)N[C@H](C(=O)N1CC2(C[C@H]1c1ncc(-c3ccc4cc(-c5ccc(C6=CN=C(C7CCCN7)C6)cc5)ccc4c3)[nH]1)OCCO2)C(C)C. The molecule has 8 atom stereocenters. The number of H-pyrrole nitrogens is 2. The monoisotopic (exact) mass is 1780 g/mol. The summed E-state index contributed by atoms with van der Waals surface area (Å²) in [6.45, 7) is 11.5. The number of aryl methyl sites for hydroxylation is 1. The number of amides is 7. The zero-order valence-corrected chi connectivity index (χ0v) is 74.6. The van der Waals surface area contributed by atoms with Crippen molar-refractivity contribution in [3.05, 3.63) is 239 Å². The Morgan fingerprint density at radius 1 is 0.466 bits per heavy atom. The number of aliphatic imine (C=N–C) groups is 2. The number of likely N-dealkylation sites (tertiary alicyclic amines) is 3. The number of hydrogen-bond donors (Lipinski definition) is 8. The maximum Gasteiger partial charge on any atom is 0.407 e. The average Bonchev–Trinajstić information content (AvgIpc) is 1.61. The molecule has 682 valence electrons. The number of fused-ring (bicyclic) bond motifs is 2. The Morgan fingerprint density at radius 3 is 1.42 bits per heavy atom. The van der Waals surface area contributed by atoms with Crippen molar-refractivity contribution in [3.8, 4) is 33.6 Å². The predicted molar refractivity (Wildman–Crippen MR) is 492 cm³/mol. The van der Waals surface area contributed by atoms with E-state index in [-0.39, 0.29) is 48.7 Å². The lowest BCUT2D eigenvalue weighted by molar-refractivity contribution is -0.153. The Hall–Kier alpha value is -13.5. The van der Waals surface area contributed by atoms with Gasteiger partial charge in [0.05, 0.1) is 110 Å². The second-order valence-electron chi connectivity index (χ2n) is 34.7. The maximum atomic E-state index is 14.0. The van der Waals surface area contributed by atoms with Crippen molar-refractivity contribution in [1.82, 2.24) is 61.2 Å². The van der Waals surface area contributed by atoms with Crippen LogP contribution in [0, 0.1) is 11.8 Å². The molecule has 1 aliphatic carbocycles. The van der Waals surface area contributed by atoms with E-state index in [1.807, 2.05) is 81.5 Å². The van der Waals surface area contributed by atoms with Gasteiger partial charge in [-0.3, -0.25) is 24.4 Å². The number of carboxylic acids is 1. The predicted octanol–water partition coefficient (Wildman–Crippen LogP) is 14.6. The number of ether oxygens (including phenoxy) is 8. The zero-order valence-electron chi connectivity index (χ0n) is 74.6. The summed E-state index contributed by atoms with van der Waals surface area (Å²) in [6.07, 6.45) is 15.4. The van der Waals surface area contributed by atoms with Crippen LogP contribution in [0.2, 0.25) is 0 Å². The topological polar surface area (TPSA) is 383 Å². The van der Waals surface area contributed by atoms with Gasteiger partial charge in [0.1, 0.15) is 29.8 Å². The minimum Gasteiger partial charge on any atom is -0.479 e. The molecule has 2 spiro atoms. The largest absolute Gasteiger partial charge is 0.479 e. The highest BCUT2D eigenvalue weighted by Gasteiger charge is 2.55. The lowest BCUT2D eigenvalue weighted by atomic mass is 9.87. The van der Waals surface area contributed by atoms with Crippen LogP contribution in [-0.2, 0) is 63.5 Å². The highest BCUT2D eigenvalue weighted by Crippen LogP contribution is 2.46. The molecule has 8 N–H and O–H groups in total. The fourth-order valence-corrected chi connectivity index (χ4v) is 18.8. The molecule has 31 nitrogen and oxygen atoms in total. The number of aliphatic carboxylic acids is 1. The van der Waals surface area contributed by atoms with Crippen LogP contribution in [0.3, 0.4) is 0 Å². The first kappa shape index (κ1) is 90.9. The van der Waals surface area contributed by atoms with Crippen molar-refractivity contribution in [2.24, 2.45) is 21.8 Å². The van der Waals surface area contributed by atoms with Gasteiger partial charge >= 0.3 is 30.3 Å². The Kier molecular flexibility index (Phi) is 27.9. The molecule has 9 aromatic rings. The molecule has 8 aliphatic heterocycles. The number of aromatic amines is 2. The standard InChI is InChI=1S/C50H55N7O8.C40H44N6O5.C10H11NO4/c1-30(2)43(54-48(60)62-3)46(58)57-29-50(64-21-22-65-50)26-42(57)45-52-28-40(53-45)37-19-18-35-23-34(16-17-36(35)24-37)31-12-14-32(15-13-31)38-25-39(51-27-38)41-11-8-20-56(41)47(59)44(55-49(61)63-4)33-9-6-5-7-10-33;1-24(2)36(45-39(48)49-3)38(47)46-23-40(50-15-16-51-40)20-35(46)37-43-22-34(44-37)30-13-12-28-17-27(10-11-29(28)18-30)25-6-8-26(9-7-25)31-19-33(42-21-31)32-5-4-14-41-32;1-15-10(14)11-8(9(12)13)7-5-3-2-4-6-7/h5-7,9-10,12-15,18-19,23-24,27-28,30,41-44H,8,11,16-17,20-22,25-26,29H2,1-4H3,(H,52,53)(H,54,60)(H,55,61);6-13,17-18,21-22,24,32,35-36,41H,4-5,14-16,19-20,23H2,1-3H3,(H,43,44)(H,45,48);2-6,8H,1H3,(H,11,14)(H,12,13)/t41?,42-,43-,44+;32?,35-,36-;8-/m001/s1. The molecule has 2 unspecified atom stereocenters. The van der Waals surface area contributed by atoms with Crippen molar-refractivity contribution in [2.45, 2.75) is 152 Å². The number of imidazole rings is 2. The summed E-state index contributed by atoms with van der Waals surface area (Å²) in [7, 11) is 5.04. The van der Waals surface area contributed by atoms with Gasteiger partial charge in [0.2, 0.25) is 17.7 Å². The number of hydrogen-bond acceptors (Lipinski definition) is 21. The lowest BCUT2D eigenvalue weighted by Gasteiger charge is -2.30. The quantitative estimate of drug-likeness (QED) is 0.0292. The summed E-state index contributed by atoms with van der Waals surface area (Å²) in [5, 5.41) is 25.1. The molecular formula is C100H110N14O17. The molecule has 9 aliphatic rings. The van der Waals surface area contributed by atoms with Gasteiger partial charge in [0.15, 0.2) is 17.6 Å². The summed E-state index contributed by atoms with van der Waals surface area (Å²) >= 11 is 0. The van der Waals surface area contributed by atoms with Crippen LogP contribution in [0.25, 0.3) is 67.2 Å². The van der Waals surface area contributed by atoms with Gasteiger partial charge in [-0.1, -0.05) is 179 Å². The number of nitrogens with one attached hydrogen (secondary N) is 7. The Balaban J connectivity index is 0.000000168. The van der Waals surface area contributed by atoms with Gasteiger partial charge in [0, 0.05) is 67.7 Å². The molecular weight excluding hydrogens is 1670 g/mol. The lowest BCUT2D eigenvalue weighted by Crippen LogP contribution is -2.52. The van der Waals surface area contributed by atoms with Gasteiger partial charge in [0.25, 0.3) is 0 Å². The van der Waals surface area contributed by atoms with E-state index < -0.39 is 78.2 Å². The van der Waals surface area contributed by atoms with E-state index in [4.69, 9.17) is 58.2 Å². The summed E-state index contributed by atoms with van der Waals surface area (Å²) < 4.78 is 43.0. The average molecular weight is 1780 g/mol. The highest BCUT2D eigenvalue weighted by molar-refractivity contribution is 6.05. The molecule has 6 saturated heterocycles. The summed E-state index contributed by atoms with van der Waals surface area (Å²) in [5.41, 5.74) is 19.0. The van der Waals surface area contributed by atoms with E-state index in [2.05, 4.69) is 150 Å². The van der Waals surface area contributed by atoms with Crippen molar-refractivity contribution in [3.63, 3.8) is 0 Å². The molecule has 131 heavy (non-hydrogen) atoms. The maximum absolute atomic E-state index is 14.0. The summed E-state index contributed by atoms with van der Waals surface area (Å²) in [6, 6.07) is 50.4.